The topological polar surface area (TPSA) is 41.6 Å². The molecule has 0 atom stereocenters. The van der Waals surface area contributed by atoms with Crippen molar-refractivity contribution in [2.24, 2.45) is 0 Å². The van der Waals surface area contributed by atoms with Gasteiger partial charge in [0.05, 0.1) is 18.4 Å². The average molecular weight is 234 g/mol. The normalized spacial score (nSPS) is 15.8. The molecule has 2 rings (SSSR count). The van der Waals surface area contributed by atoms with Crippen molar-refractivity contribution in [1.82, 2.24) is 5.32 Å². The van der Waals surface area contributed by atoms with Gasteiger partial charge in [0.15, 0.2) is 0 Å². The number of hydrogen-bond acceptors (Lipinski definition) is 4. The summed E-state index contributed by atoms with van der Waals surface area (Å²) in [6.45, 7) is 5.73. The van der Waals surface area contributed by atoms with Crippen LogP contribution in [0.15, 0.2) is 18.2 Å². The van der Waals surface area contributed by atoms with Crippen LogP contribution in [0.5, 0.6) is 0 Å². The van der Waals surface area contributed by atoms with E-state index in [0.717, 1.165) is 37.4 Å². The Morgan fingerprint density at radius 1 is 1.35 bits per heavy atom. The van der Waals surface area contributed by atoms with Crippen LogP contribution >= 0.6 is 0 Å². The van der Waals surface area contributed by atoms with E-state index in [1.165, 1.54) is 7.11 Å². The summed E-state index contributed by atoms with van der Waals surface area (Å²) < 4.78 is 4.84. The molecule has 4 heteroatoms. The molecule has 1 saturated heterocycles. The predicted molar refractivity (Wildman–Crippen MR) is 67.6 cm³/mol. The molecule has 1 aromatic rings. The summed E-state index contributed by atoms with van der Waals surface area (Å²) >= 11 is 0. The van der Waals surface area contributed by atoms with Crippen LogP contribution in [0.25, 0.3) is 0 Å². The molecule has 1 fully saturated rings. The van der Waals surface area contributed by atoms with Gasteiger partial charge in [-0.1, -0.05) is 11.6 Å². The molecule has 1 aromatic carbocycles. The molecule has 0 amide bonds. The van der Waals surface area contributed by atoms with E-state index in [2.05, 4.69) is 10.2 Å². The number of carbonyl (C=O) groups is 1. The maximum atomic E-state index is 11.8. The van der Waals surface area contributed by atoms with Crippen LogP contribution in [0.3, 0.4) is 0 Å². The van der Waals surface area contributed by atoms with Crippen molar-refractivity contribution in [3.8, 4) is 0 Å². The molecular weight excluding hydrogens is 216 g/mol. The molecule has 0 aliphatic carbocycles. The number of nitrogens with one attached hydrogen (secondary N) is 1. The van der Waals surface area contributed by atoms with Crippen LogP contribution in [0, 0.1) is 6.92 Å². The Balaban J connectivity index is 2.34. The Hall–Kier alpha value is -1.55. The second kappa shape index (κ2) is 5.19. The number of piperazine rings is 1. The number of esters is 1. The Kier molecular flexibility index (Phi) is 3.64. The fourth-order valence-electron chi connectivity index (χ4n) is 2.10. The number of aryl methyl sites for hydroxylation is 1. The fraction of sp³-hybridized carbons (Fsp3) is 0.462. The van der Waals surface area contributed by atoms with Crippen molar-refractivity contribution in [1.29, 1.82) is 0 Å². The first kappa shape index (κ1) is 11.9. The summed E-state index contributed by atoms with van der Waals surface area (Å²) in [5, 5.41) is 3.30. The molecule has 1 aliphatic heterocycles. The number of hydrogen-bond donors (Lipinski definition) is 1. The molecule has 1 aliphatic rings. The molecule has 0 bridgehead atoms. The third kappa shape index (κ3) is 2.58. The first-order chi connectivity index (χ1) is 8.22. The second-order valence-electron chi connectivity index (χ2n) is 4.25. The zero-order chi connectivity index (χ0) is 12.3. The highest BCUT2D eigenvalue weighted by Crippen LogP contribution is 2.23. The Bertz CT molecular complexity index is 412. The van der Waals surface area contributed by atoms with Gasteiger partial charge in [-0.05, 0) is 19.1 Å². The summed E-state index contributed by atoms with van der Waals surface area (Å²) in [6.07, 6.45) is 0. The van der Waals surface area contributed by atoms with Crippen LogP contribution in [0.1, 0.15) is 15.9 Å². The number of nitrogens with zero attached hydrogens (tertiary/aromatic N) is 1. The zero-order valence-corrected chi connectivity index (χ0v) is 10.3. The lowest BCUT2D eigenvalue weighted by molar-refractivity contribution is 0.0601. The summed E-state index contributed by atoms with van der Waals surface area (Å²) in [5.74, 6) is -0.262. The molecule has 4 nitrogen and oxygen atoms in total. The van der Waals surface area contributed by atoms with Crippen LogP contribution in [-0.2, 0) is 4.74 Å². The lowest BCUT2D eigenvalue weighted by atomic mass is 10.1. The minimum atomic E-state index is -0.262. The predicted octanol–water partition coefficient (Wildman–Crippen LogP) is 1.19. The first-order valence-corrected chi connectivity index (χ1v) is 5.87. The fourth-order valence-corrected chi connectivity index (χ4v) is 2.10. The Morgan fingerprint density at radius 3 is 2.71 bits per heavy atom. The highest BCUT2D eigenvalue weighted by Gasteiger charge is 2.18. The van der Waals surface area contributed by atoms with Crippen molar-refractivity contribution in [2.75, 3.05) is 38.2 Å². The third-order valence-corrected chi connectivity index (χ3v) is 3.02. The van der Waals surface area contributed by atoms with Gasteiger partial charge in [-0.15, -0.1) is 0 Å². The summed E-state index contributed by atoms with van der Waals surface area (Å²) in [7, 11) is 1.42. The van der Waals surface area contributed by atoms with Crippen LogP contribution in [-0.4, -0.2) is 39.3 Å². The van der Waals surface area contributed by atoms with E-state index >= 15 is 0 Å². The van der Waals surface area contributed by atoms with Gasteiger partial charge in [0.2, 0.25) is 0 Å². The van der Waals surface area contributed by atoms with E-state index in [1.54, 1.807) is 0 Å². The van der Waals surface area contributed by atoms with Gasteiger partial charge in [-0.3, -0.25) is 0 Å². The van der Waals surface area contributed by atoms with E-state index in [-0.39, 0.29) is 5.97 Å². The number of benzene rings is 1. The lowest BCUT2D eigenvalue weighted by Gasteiger charge is -2.30. The van der Waals surface area contributed by atoms with Crippen LogP contribution < -0.4 is 10.2 Å². The average Bonchev–Trinajstić information content (AvgIpc) is 2.38. The van der Waals surface area contributed by atoms with Crippen molar-refractivity contribution < 1.29 is 9.53 Å². The standard InChI is InChI=1S/C13H18N2O2/c1-10-3-4-12(11(9-10)13(16)17-2)15-7-5-14-6-8-15/h3-4,9,14H,5-8H2,1-2H3. The lowest BCUT2D eigenvalue weighted by Crippen LogP contribution is -2.44. The summed E-state index contributed by atoms with van der Waals surface area (Å²) in [5.41, 5.74) is 2.71. The van der Waals surface area contributed by atoms with Crippen molar-refractivity contribution >= 4 is 11.7 Å². The number of methoxy groups -OCH3 is 1. The molecule has 0 saturated carbocycles. The molecule has 92 valence electrons. The minimum Gasteiger partial charge on any atom is -0.465 e. The number of anilines is 1. The van der Waals surface area contributed by atoms with Gasteiger partial charge < -0.3 is 15.0 Å². The monoisotopic (exact) mass is 234 g/mol. The molecule has 17 heavy (non-hydrogen) atoms. The number of ether oxygens (including phenoxy) is 1. The maximum Gasteiger partial charge on any atom is 0.339 e. The van der Waals surface area contributed by atoms with Gasteiger partial charge in [0.25, 0.3) is 0 Å². The molecule has 0 radical (unpaired) electrons. The summed E-state index contributed by atoms with van der Waals surface area (Å²) in [6, 6.07) is 5.93. The smallest absolute Gasteiger partial charge is 0.339 e. The minimum absolute atomic E-state index is 0.262. The zero-order valence-electron chi connectivity index (χ0n) is 10.3. The number of carbonyl (C=O) groups excluding carboxylic acids is 1. The van der Waals surface area contributed by atoms with E-state index < -0.39 is 0 Å². The molecule has 0 aromatic heterocycles. The quantitative estimate of drug-likeness (QED) is 0.781. The molecular formula is C13H18N2O2. The summed E-state index contributed by atoms with van der Waals surface area (Å²) in [4.78, 5) is 14.0. The Morgan fingerprint density at radius 2 is 2.06 bits per heavy atom. The second-order valence-corrected chi connectivity index (χ2v) is 4.25. The molecule has 1 N–H and O–H groups in total. The molecule has 0 unspecified atom stereocenters. The van der Waals surface area contributed by atoms with Gasteiger partial charge in [0.1, 0.15) is 0 Å². The highest BCUT2D eigenvalue weighted by molar-refractivity contribution is 5.96. The maximum absolute atomic E-state index is 11.8. The van der Waals surface area contributed by atoms with E-state index in [0.29, 0.717) is 5.56 Å². The first-order valence-electron chi connectivity index (χ1n) is 5.87. The number of rotatable bonds is 2. The highest BCUT2D eigenvalue weighted by atomic mass is 16.5. The molecule has 0 spiro atoms. The van der Waals surface area contributed by atoms with Gasteiger partial charge >= 0.3 is 5.97 Å². The van der Waals surface area contributed by atoms with Gasteiger partial charge in [-0.2, -0.15) is 0 Å². The van der Waals surface area contributed by atoms with E-state index in [9.17, 15) is 4.79 Å². The largest absolute Gasteiger partial charge is 0.465 e. The molecule has 1 heterocycles. The Labute approximate surface area is 102 Å². The van der Waals surface area contributed by atoms with Gasteiger partial charge in [0, 0.05) is 26.2 Å². The van der Waals surface area contributed by atoms with Gasteiger partial charge in [-0.25, -0.2) is 4.79 Å². The van der Waals surface area contributed by atoms with Crippen molar-refractivity contribution in [3.63, 3.8) is 0 Å². The van der Waals surface area contributed by atoms with Crippen molar-refractivity contribution in [3.05, 3.63) is 29.3 Å². The van der Waals surface area contributed by atoms with E-state index in [1.807, 2.05) is 25.1 Å². The van der Waals surface area contributed by atoms with Crippen molar-refractivity contribution in [2.45, 2.75) is 6.92 Å². The van der Waals surface area contributed by atoms with E-state index in [4.69, 9.17) is 4.74 Å². The SMILES string of the molecule is COC(=O)c1cc(C)ccc1N1CCNCC1. The van der Waals surface area contributed by atoms with Crippen LogP contribution in [0.2, 0.25) is 0 Å². The van der Waals surface area contributed by atoms with Crippen LogP contribution in [0.4, 0.5) is 5.69 Å². The third-order valence-electron chi connectivity index (χ3n) is 3.02.